The Morgan fingerprint density at radius 2 is 2.13 bits per heavy atom. The first-order valence-electron chi connectivity index (χ1n) is 9.58. The number of hydrogen-bond acceptors (Lipinski definition) is 5. The number of carbonyl (C=O) groups is 2. The van der Waals surface area contributed by atoms with Gasteiger partial charge >= 0.3 is 0 Å². The van der Waals surface area contributed by atoms with E-state index in [1.807, 2.05) is 0 Å². The van der Waals surface area contributed by atoms with Crippen LogP contribution < -0.4 is 11.1 Å². The number of thioether (sulfide) groups is 1. The number of nitrogens with zero attached hydrogens (tertiary/aromatic N) is 1. The van der Waals surface area contributed by atoms with Gasteiger partial charge in [-0.2, -0.15) is 0 Å². The van der Waals surface area contributed by atoms with Crippen molar-refractivity contribution in [3.8, 4) is 11.3 Å². The average molecular weight is 445 g/mol. The van der Waals surface area contributed by atoms with Crippen molar-refractivity contribution in [1.29, 1.82) is 0 Å². The SMILES string of the molecule is CC1CCc2c(sc(NC(=O)CSc3ncc(-c4ccc(F)cc4)[nH]3)c2C(N)=O)C1. The maximum Gasteiger partial charge on any atom is 0.251 e. The summed E-state index contributed by atoms with van der Waals surface area (Å²) in [5.74, 6) is -0.336. The summed E-state index contributed by atoms with van der Waals surface area (Å²) in [5.41, 5.74) is 8.60. The van der Waals surface area contributed by atoms with Gasteiger partial charge in [-0.05, 0) is 60.6 Å². The molecule has 0 saturated heterocycles. The van der Waals surface area contributed by atoms with Crippen LogP contribution in [0.5, 0.6) is 0 Å². The van der Waals surface area contributed by atoms with Crippen molar-refractivity contribution in [2.45, 2.75) is 31.3 Å². The van der Waals surface area contributed by atoms with Crippen LogP contribution in [0.1, 0.15) is 34.1 Å². The molecule has 4 N–H and O–H groups in total. The van der Waals surface area contributed by atoms with Gasteiger partial charge in [-0.25, -0.2) is 9.37 Å². The summed E-state index contributed by atoms with van der Waals surface area (Å²) in [6, 6.07) is 6.09. The quantitative estimate of drug-likeness (QED) is 0.495. The van der Waals surface area contributed by atoms with Crippen LogP contribution in [0, 0.1) is 11.7 Å². The first-order valence-corrected chi connectivity index (χ1v) is 11.4. The fourth-order valence-corrected chi connectivity index (χ4v) is 5.63. The van der Waals surface area contributed by atoms with E-state index in [1.165, 1.54) is 35.2 Å². The Kier molecular flexibility index (Phi) is 5.92. The number of H-pyrrole nitrogens is 1. The molecule has 9 heteroatoms. The second-order valence-corrected chi connectivity index (χ2v) is 9.44. The predicted octanol–water partition coefficient (Wildman–Crippen LogP) is 4.23. The summed E-state index contributed by atoms with van der Waals surface area (Å²) in [6.45, 7) is 2.19. The van der Waals surface area contributed by atoms with E-state index in [1.54, 1.807) is 18.3 Å². The van der Waals surface area contributed by atoms with Crippen LogP contribution in [0.25, 0.3) is 11.3 Å². The largest absolute Gasteiger partial charge is 0.365 e. The molecule has 6 nitrogen and oxygen atoms in total. The Bertz CT molecular complexity index is 1090. The van der Waals surface area contributed by atoms with Crippen LogP contribution in [0.2, 0.25) is 0 Å². The second kappa shape index (κ2) is 8.61. The van der Waals surface area contributed by atoms with Gasteiger partial charge < -0.3 is 16.0 Å². The van der Waals surface area contributed by atoms with Crippen LogP contribution >= 0.6 is 23.1 Å². The van der Waals surface area contributed by atoms with Gasteiger partial charge in [0.2, 0.25) is 5.91 Å². The Balaban J connectivity index is 1.41. The zero-order valence-corrected chi connectivity index (χ0v) is 18.0. The van der Waals surface area contributed by atoms with E-state index in [0.29, 0.717) is 21.6 Å². The molecule has 1 atom stereocenters. The predicted molar refractivity (Wildman–Crippen MR) is 117 cm³/mol. The number of carbonyl (C=O) groups excluding carboxylic acids is 2. The van der Waals surface area contributed by atoms with Crippen LogP contribution in [0.4, 0.5) is 9.39 Å². The highest BCUT2D eigenvalue weighted by atomic mass is 32.2. The van der Waals surface area contributed by atoms with E-state index < -0.39 is 5.91 Å². The van der Waals surface area contributed by atoms with Crippen molar-refractivity contribution in [3.05, 3.63) is 52.3 Å². The maximum absolute atomic E-state index is 13.1. The van der Waals surface area contributed by atoms with Crippen molar-refractivity contribution < 1.29 is 14.0 Å². The Morgan fingerprint density at radius 3 is 2.87 bits per heavy atom. The van der Waals surface area contributed by atoms with Crippen molar-refractivity contribution in [2.24, 2.45) is 11.7 Å². The van der Waals surface area contributed by atoms with Gasteiger partial charge in [0.15, 0.2) is 5.16 Å². The maximum atomic E-state index is 13.1. The molecule has 0 aliphatic heterocycles. The second-order valence-electron chi connectivity index (χ2n) is 7.37. The summed E-state index contributed by atoms with van der Waals surface area (Å²) >= 11 is 2.70. The third kappa shape index (κ3) is 4.41. The number of hydrogen-bond donors (Lipinski definition) is 3. The number of thiophene rings is 1. The van der Waals surface area contributed by atoms with E-state index >= 15 is 0 Å². The lowest BCUT2D eigenvalue weighted by molar-refractivity contribution is -0.113. The smallest absolute Gasteiger partial charge is 0.251 e. The number of aromatic nitrogens is 2. The van der Waals surface area contributed by atoms with E-state index in [-0.39, 0.29) is 17.5 Å². The first-order chi connectivity index (χ1) is 14.4. The molecule has 1 unspecified atom stereocenters. The number of rotatable bonds is 6. The highest BCUT2D eigenvalue weighted by Gasteiger charge is 2.27. The summed E-state index contributed by atoms with van der Waals surface area (Å²) < 4.78 is 13.1. The molecule has 0 radical (unpaired) electrons. The van der Waals surface area contributed by atoms with Gasteiger partial charge in [-0.1, -0.05) is 18.7 Å². The van der Waals surface area contributed by atoms with E-state index in [0.717, 1.165) is 41.0 Å². The number of primary amides is 1. The normalized spacial score (nSPS) is 15.6. The number of nitrogens with two attached hydrogens (primary N) is 1. The van der Waals surface area contributed by atoms with E-state index in [2.05, 4.69) is 22.2 Å². The molecule has 3 aromatic rings. The summed E-state index contributed by atoms with van der Waals surface area (Å²) in [7, 11) is 0. The minimum Gasteiger partial charge on any atom is -0.365 e. The molecule has 0 spiro atoms. The number of fused-ring (bicyclic) bond motifs is 1. The van der Waals surface area contributed by atoms with Crippen LogP contribution in [-0.2, 0) is 17.6 Å². The molecule has 0 fully saturated rings. The minimum atomic E-state index is -0.500. The lowest BCUT2D eigenvalue weighted by atomic mass is 9.88. The molecule has 2 heterocycles. The Hall–Kier alpha value is -2.65. The topological polar surface area (TPSA) is 101 Å². The molecule has 156 valence electrons. The van der Waals surface area contributed by atoms with Gasteiger partial charge in [0.25, 0.3) is 5.91 Å². The molecule has 2 amide bonds. The average Bonchev–Trinajstić information content (AvgIpc) is 3.31. The number of halogens is 1. The fourth-order valence-electron chi connectivity index (χ4n) is 3.55. The van der Waals surface area contributed by atoms with Crippen molar-refractivity contribution in [1.82, 2.24) is 9.97 Å². The van der Waals surface area contributed by atoms with Crippen LogP contribution in [0.15, 0.2) is 35.6 Å². The molecular formula is C21H21FN4O2S2. The number of anilines is 1. The van der Waals surface area contributed by atoms with Crippen molar-refractivity contribution in [3.63, 3.8) is 0 Å². The van der Waals surface area contributed by atoms with Crippen LogP contribution in [-0.4, -0.2) is 27.5 Å². The zero-order valence-electron chi connectivity index (χ0n) is 16.3. The van der Waals surface area contributed by atoms with Gasteiger partial charge in [0.1, 0.15) is 10.8 Å². The third-order valence-electron chi connectivity index (χ3n) is 5.06. The molecule has 1 aliphatic carbocycles. The number of aromatic amines is 1. The standard InChI is InChI=1S/C21H21FN4O2S2/c1-11-2-7-14-16(8-11)30-20(18(14)19(23)28)26-17(27)10-29-21-24-9-15(25-21)12-3-5-13(22)6-4-12/h3-6,9,11H,2,7-8,10H2,1H3,(H2,23,28)(H,24,25)(H,26,27). The number of nitrogens with one attached hydrogen (secondary N) is 2. The Labute approximate surface area is 181 Å². The third-order valence-corrected chi connectivity index (χ3v) is 7.12. The van der Waals surface area contributed by atoms with Gasteiger partial charge in [-0.3, -0.25) is 9.59 Å². The minimum absolute atomic E-state index is 0.132. The molecule has 1 aromatic carbocycles. The molecule has 2 aromatic heterocycles. The molecule has 4 rings (SSSR count). The van der Waals surface area contributed by atoms with Gasteiger partial charge in [-0.15, -0.1) is 11.3 Å². The highest BCUT2D eigenvalue weighted by molar-refractivity contribution is 7.99. The summed E-state index contributed by atoms with van der Waals surface area (Å²) in [4.78, 5) is 33.0. The van der Waals surface area contributed by atoms with E-state index in [4.69, 9.17) is 5.73 Å². The number of benzene rings is 1. The molecular weight excluding hydrogens is 423 g/mol. The van der Waals surface area contributed by atoms with Crippen LogP contribution in [0.3, 0.4) is 0 Å². The van der Waals surface area contributed by atoms with Gasteiger partial charge in [0.05, 0.1) is 23.2 Å². The monoisotopic (exact) mass is 444 g/mol. The first kappa shape index (κ1) is 20.6. The molecule has 30 heavy (non-hydrogen) atoms. The fraction of sp³-hybridized carbons (Fsp3) is 0.286. The molecule has 0 saturated carbocycles. The molecule has 1 aliphatic rings. The van der Waals surface area contributed by atoms with Crippen molar-refractivity contribution >= 4 is 39.9 Å². The lowest BCUT2D eigenvalue weighted by Gasteiger charge is -2.18. The highest BCUT2D eigenvalue weighted by Crippen LogP contribution is 2.39. The van der Waals surface area contributed by atoms with Gasteiger partial charge in [0, 0.05) is 4.88 Å². The number of amides is 2. The number of imidazole rings is 1. The Morgan fingerprint density at radius 1 is 1.37 bits per heavy atom. The molecule has 0 bridgehead atoms. The summed E-state index contributed by atoms with van der Waals surface area (Å²) in [6.07, 6.45) is 4.38. The van der Waals surface area contributed by atoms with Crippen molar-refractivity contribution in [2.75, 3.05) is 11.1 Å². The zero-order chi connectivity index (χ0) is 21.3. The van der Waals surface area contributed by atoms with E-state index in [9.17, 15) is 14.0 Å². The summed E-state index contributed by atoms with van der Waals surface area (Å²) in [5, 5.41) is 3.98. The lowest BCUT2D eigenvalue weighted by Crippen LogP contribution is -2.20.